The zero-order chi connectivity index (χ0) is 93.2. The van der Waals surface area contributed by atoms with E-state index in [0.717, 1.165) is 370 Å². The van der Waals surface area contributed by atoms with Gasteiger partial charge < -0.3 is 60.9 Å². The summed E-state index contributed by atoms with van der Waals surface area (Å²) in [6.45, 7) is 82.9. The third-order valence-electron chi connectivity index (χ3n) is 27.9. The van der Waals surface area contributed by atoms with Gasteiger partial charge in [-0.25, -0.2) is 0 Å². The molecule has 127 heavy (non-hydrogen) atoms. The van der Waals surface area contributed by atoms with Crippen molar-refractivity contribution in [3.05, 3.63) is 11.6 Å². The molecule has 0 atom stereocenters. The molecule has 0 saturated carbocycles. The zero-order valence-electron chi connectivity index (χ0n) is 88.0. The van der Waals surface area contributed by atoms with E-state index in [-0.39, 0.29) is 73.5 Å². The third kappa shape index (κ3) is 35.3. The second-order valence-electron chi connectivity index (χ2n) is 47.2. The highest BCUT2D eigenvalue weighted by atomic mass is 15.4. The molecule has 0 aliphatic carbocycles. The van der Waals surface area contributed by atoms with E-state index < -0.39 is 0 Å². The SMILES string of the molecule is CCCCN(CCCC)c1nc(CN(CCCCCCN(c2nc(CN(CCCCCCN(c3nc(N(CCCC)CCCC)nc(N(CCCC)CCCC)n3)C3CC(C)(C)NC(C)(C)C3)C3CC(C)(C)NC(C)(C)C3)nc(N(CCCC)C3CC(C)(C)NC(C)(C)C3)n2)C2CC(C)(C)NC(C)(C)C2)C2CC(C)(C)NC(C)(C)C2)nc(N(CCCC)CCCC)n1. The van der Waals surface area contributed by atoms with Gasteiger partial charge in [0, 0.05) is 158 Å². The molecule has 0 amide bonds. The smallest absolute Gasteiger partial charge is 0.232 e. The summed E-state index contributed by atoms with van der Waals surface area (Å²) < 4.78 is 0. The fourth-order valence-corrected chi connectivity index (χ4v) is 23.5. The summed E-state index contributed by atoms with van der Waals surface area (Å²) in [5, 5.41) is 20.4. The molecule has 3 aromatic rings. The quantitative estimate of drug-likeness (QED) is 0.0333. The normalized spacial score (nSPS) is 20.3. The summed E-state index contributed by atoms with van der Waals surface area (Å²) in [7, 11) is 0. The van der Waals surface area contributed by atoms with Gasteiger partial charge in [-0.15, -0.1) is 0 Å². The Balaban J connectivity index is 1.16. The summed E-state index contributed by atoms with van der Waals surface area (Å²) in [6.07, 6.45) is 39.2. The number of nitrogens with one attached hydrogen (secondary N) is 5. The molecule has 730 valence electrons. The Morgan fingerprint density at radius 3 is 0.591 bits per heavy atom. The average Bonchev–Trinajstić information content (AvgIpc) is 0.762. The molecule has 5 aliphatic rings. The maximum absolute atomic E-state index is 6.01. The Kier molecular flexibility index (Phi) is 41.6. The van der Waals surface area contributed by atoms with Crippen LogP contribution >= 0.6 is 0 Å². The molecule has 23 heteroatoms. The second kappa shape index (κ2) is 49.0. The van der Waals surface area contributed by atoms with Crippen molar-refractivity contribution < 1.29 is 0 Å². The molecular weight excluding hydrogens is 1570 g/mol. The maximum Gasteiger partial charge on any atom is 0.232 e. The van der Waals surface area contributed by atoms with Crippen LogP contribution in [0.3, 0.4) is 0 Å². The van der Waals surface area contributed by atoms with Gasteiger partial charge in [0.2, 0.25) is 41.6 Å². The van der Waals surface area contributed by atoms with Gasteiger partial charge in [0.1, 0.15) is 11.6 Å². The Hall–Kier alpha value is -4.65. The molecule has 5 fully saturated rings. The summed E-state index contributed by atoms with van der Waals surface area (Å²) >= 11 is 0. The van der Waals surface area contributed by atoms with E-state index in [4.69, 9.17) is 44.9 Å². The number of rotatable bonds is 57. The highest BCUT2D eigenvalue weighted by molar-refractivity contribution is 5.49. The summed E-state index contributed by atoms with van der Waals surface area (Å²) in [5.41, 5.74) is -0.623. The van der Waals surface area contributed by atoms with Crippen LogP contribution in [0.5, 0.6) is 0 Å². The van der Waals surface area contributed by atoms with Gasteiger partial charge in [0.05, 0.1) is 13.1 Å². The van der Waals surface area contributed by atoms with Crippen LogP contribution in [-0.2, 0) is 13.1 Å². The topological polar surface area (TPSA) is 205 Å². The van der Waals surface area contributed by atoms with E-state index in [2.05, 4.69) is 271 Å². The minimum absolute atomic E-state index is 0.0197. The fraction of sp³-hybridized carbons (Fsp3) is 0.913. The molecule has 5 saturated heterocycles. The number of unbranched alkanes of at least 4 members (excludes halogenated alkanes) is 15. The lowest BCUT2D eigenvalue weighted by Crippen LogP contribution is -2.63. The first-order valence-corrected chi connectivity index (χ1v) is 52.8. The molecule has 0 unspecified atom stereocenters. The van der Waals surface area contributed by atoms with Crippen LogP contribution in [0.2, 0.25) is 0 Å². The highest BCUT2D eigenvalue weighted by Crippen LogP contribution is 2.41. The monoisotopic (exact) mass is 1770 g/mol. The fourth-order valence-electron chi connectivity index (χ4n) is 23.5. The zero-order valence-corrected chi connectivity index (χ0v) is 88.0. The first-order valence-electron chi connectivity index (χ1n) is 52.8. The molecule has 5 N–H and O–H groups in total. The number of anilines is 7. The third-order valence-corrected chi connectivity index (χ3v) is 27.9. The summed E-state index contributed by atoms with van der Waals surface area (Å²) in [6, 6.07) is 1.41. The molecule has 23 nitrogen and oxygen atoms in total. The van der Waals surface area contributed by atoms with Crippen LogP contribution in [0, 0.1) is 0 Å². The van der Waals surface area contributed by atoms with E-state index >= 15 is 0 Å². The van der Waals surface area contributed by atoms with Crippen molar-refractivity contribution in [2.45, 2.75) is 531 Å². The van der Waals surface area contributed by atoms with Crippen molar-refractivity contribution in [3.63, 3.8) is 0 Å². The number of hydrogen-bond donors (Lipinski definition) is 5. The van der Waals surface area contributed by atoms with Crippen LogP contribution < -0.4 is 60.9 Å². The Morgan fingerprint density at radius 2 is 0.362 bits per heavy atom. The van der Waals surface area contributed by atoms with Gasteiger partial charge in [0.15, 0.2) is 0 Å². The van der Waals surface area contributed by atoms with Crippen molar-refractivity contribution in [1.29, 1.82) is 0 Å². The van der Waals surface area contributed by atoms with Crippen LogP contribution in [0.25, 0.3) is 0 Å². The molecule has 5 aliphatic heterocycles. The molecule has 8 heterocycles. The summed E-state index contributed by atoms with van der Waals surface area (Å²) in [5.74, 6) is 7.91. The molecule has 0 spiro atoms. The van der Waals surface area contributed by atoms with E-state index in [0.29, 0.717) is 25.2 Å². The molecule has 8 rings (SSSR count). The van der Waals surface area contributed by atoms with E-state index in [1.165, 1.54) is 0 Å². The molecule has 0 radical (unpaired) electrons. The lowest BCUT2D eigenvalue weighted by molar-refractivity contribution is 0.0583. The van der Waals surface area contributed by atoms with Crippen molar-refractivity contribution >= 4 is 41.6 Å². The number of piperidine rings is 5. The molecule has 3 aromatic heterocycles. The van der Waals surface area contributed by atoms with Crippen molar-refractivity contribution in [2.75, 3.05) is 119 Å². The lowest BCUT2D eigenvalue weighted by Gasteiger charge is -2.50. The minimum Gasteiger partial charge on any atom is -0.341 e. The van der Waals surface area contributed by atoms with Crippen LogP contribution in [0.1, 0.15) is 444 Å². The van der Waals surface area contributed by atoms with Gasteiger partial charge >= 0.3 is 0 Å². The van der Waals surface area contributed by atoms with Crippen LogP contribution in [0.4, 0.5) is 41.6 Å². The van der Waals surface area contributed by atoms with Gasteiger partial charge in [-0.05, 0) is 299 Å². The predicted molar refractivity (Wildman–Crippen MR) is 544 cm³/mol. The predicted octanol–water partition coefficient (Wildman–Crippen LogP) is 21.8. The van der Waals surface area contributed by atoms with E-state index in [9.17, 15) is 0 Å². The number of hydrogen-bond acceptors (Lipinski definition) is 23. The Labute approximate surface area is 780 Å². The standard InChI is InChI=1S/C104H199N23/c1-30-39-56-119(57-40-31-2)88-105-86(106-89(109-88)120(58-41-32-3)59-42-33-4)79-123(81-69-95(10,11)114-96(12,13)70-81)64-52-48-50-54-67-126(84-75-101(22,23)117-102(24,25)76-84)93-108-87(107-92(113-93)125(66-47-38-9)83-73-99(18,19)116-100(20,21)74-83)80-124(82-71-97(14,15)115-98(16,17)72-82)65-53-49-51-55-68-127(85-77-103(26,27)118-104(28,29)78-85)94-111-90(121(60-43-34-5)61-44-35-6)110-91(112-94)122(62-45-36-7)63-46-37-8/h81-85,114-118H,30-80H2,1-29H3. The van der Waals surface area contributed by atoms with E-state index in [1.54, 1.807) is 0 Å². The van der Waals surface area contributed by atoms with Gasteiger partial charge in [-0.1, -0.05) is 146 Å². The first kappa shape index (κ1) is 108. The van der Waals surface area contributed by atoms with Gasteiger partial charge in [-0.2, -0.15) is 44.9 Å². The van der Waals surface area contributed by atoms with Crippen LogP contribution in [-0.4, -0.2) is 225 Å². The number of aromatic nitrogens is 9. The first-order chi connectivity index (χ1) is 59.8. The second-order valence-corrected chi connectivity index (χ2v) is 47.2. The summed E-state index contributed by atoms with van der Waals surface area (Å²) in [4.78, 5) is 75.0. The van der Waals surface area contributed by atoms with Crippen molar-refractivity contribution in [3.8, 4) is 0 Å². The maximum atomic E-state index is 6.01. The van der Waals surface area contributed by atoms with Crippen molar-refractivity contribution in [1.82, 2.24) is 81.2 Å². The highest BCUT2D eigenvalue weighted by Gasteiger charge is 2.47. The average molecular weight is 1770 g/mol. The minimum atomic E-state index is -0.102. The molecule has 0 bridgehead atoms. The number of nitrogens with zero attached hydrogens (tertiary/aromatic N) is 18. The Bertz CT molecular complexity index is 3460. The van der Waals surface area contributed by atoms with Gasteiger partial charge in [-0.3, -0.25) is 9.80 Å². The Morgan fingerprint density at radius 1 is 0.197 bits per heavy atom. The molecular formula is C104H199N23. The lowest BCUT2D eigenvalue weighted by atomic mass is 9.79. The van der Waals surface area contributed by atoms with E-state index in [1.807, 2.05) is 0 Å². The largest absolute Gasteiger partial charge is 0.341 e. The van der Waals surface area contributed by atoms with Crippen LogP contribution in [0.15, 0.2) is 0 Å². The molecule has 0 aromatic carbocycles. The van der Waals surface area contributed by atoms with Crippen molar-refractivity contribution in [2.24, 2.45) is 0 Å². The van der Waals surface area contributed by atoms with Gasteiger partial charge in [0.25, 0.3) is 0 Å².